The number of carbonyl (C=O) groups is 1. The van der Waals surface area contributed by atoms with Crippen molar-refractivity contribution in [2.45, 2.75) is 6.54 Å². The van der Waals surface area contributed by atoms with Crippen molar-refractivity contribution in [2.24, 2.45) is 0 Å². The summed E-state index contributed by atoms with van der Waals surface area (Å²) in [4.78, 5) is 20.1. The molecule has 1 heterocycles. The van der Waals surface area contributed by atoms with E-state index in [0.29, 0.717) is 12.4 Å². The van der Waals surface area contributed by atoms with E-state index in [-0.39, 0.29) is 5.69 Å². The van der Waals surface area contributed by atoms with Crippen molar-refractivity contribution < 1.29 is 9.18 Å². The van der Waals surface area contributed by atoms with Gasteiger partial charge in [-0.25, -0.2) is 14.2 Å². The summed E-state index contributed by atoms with van der Waals surface area (Å²) in [6.07, 6.45) is 3.29. The van der Waals surface area contributed by atoms with Crippen LogP contribution in [0.2, 0.25) is 0 Å². The second-order valence-electron chi connectivity index (χ2n) is 3.80. The molecule has 0 radical (unpaired) electrons. The number of amides is 2. The number of hydrogen-bond acceptors (Lipinski definition) is 2. The van der Waals surface area contributed by atoms with Gasteiger partial charge in [0, 0.05) is 19.4 Å². The molecule has 0 bridgehead atoms. The van der Waals surface area contributed by atoms with Gasteiger partial charge in [0.05, 0.1) is 12.2 Å². The number of imidazole rings is 1. The van der Waals surface area contributed by atoms with Gasteiger partial charge in [-0.2, -0.15) is 0 Å². The lowest BCUT2D eigenvalue weighted by Crippen LogP contribution is -2.31. The van der Waals surface area contributed by atoms with E-state index in [1.807, 2.05) is 0 Å². The Morgan fingerprint density at radius 1 is 1.50 bits per heavy atom. The summed E-state index contributed by atoms with van der Waals surface area (Å²) in [5.41, 5.74) is 0.161. The topological polar surface area (TPSA) is 61.0 Å². The van der Waals surface area contributed by atoms with E-state index >= 15 is 0 Å². The second-order valence-corrected chi connectivity index (χ2v) is 3.80. The fourth-order valence-corrected chi connectivity index (χ4v) is 1.45. The molecule has 2 aromatic rings. The standard InChI is InChI=1S/C12H13FN4O/c1-17(8-11-14-6-7-15-11)12(18)16-10-5-3-2-4-9(10)13/h2-7H,8H2,1H3,(H,14,15)(H,16,18). The Morgan fingerprint density at radius 2 is 2.28 bits per heavy atom. The van der Waals surface area contributed by atoms with Gasteiger partial charge in [-0.05, 0) is 12.1 Å². The Kier molecular flexibility index (Phi) is 3.57. The van der Waals surface area contributed by atoms with Crippen LogP contribution >= 0.6 is 0 Å². The SMILES string of the molecule is CN(Cc1ncc[nH]1)C(=O)Nc1ccccc1F. The van der Waals surface area contributed by atoms with Gasteiger partial charge in [0.15, 0.2) is 0 Å². The van der Waals surface area contributed by atoms with Crippen molar-refractivity contribution >= 4 is 11.7 Å². The van der Waals surface area contributed by atoms with Crippen LogP contribution in [0.4, 0.5) is 14.9 Å². The molecule has 0 fully saturated rings. The van der Waals surface area contributed by atoms with E-state index in [2.05, 4.69) is 15.3 Å². The maximum Gasteiger partial charge on any atom is 0.322 e. The molecule has 1 aromatic carbocycles. The number of anilines is 1. The van der Waals surface area contributed by atoms with Gasteiger partial charge in [0.1, 0.15) is 11.6 Å². The molecule has 5 nitrogen and oxygen atoms in total. The highest BCUT2D eigenvalue weighted by Gasteiger charge is 2.12. The van der Waals surface area contributed by atoms with Gasteiger partial charge < -0.3 is 15.2 Å². The van der Waals surface area contributed by atoms with E-state index in [9.17, 15) is 9.18 Å². The molecule has 0 saturated heterocycles. The molecule has 0 aliphatic heterocycles. The first-order valence-electron chi connectivity index (χ1n) is 5.41. The quantitative estimate of drug-likeness (QED) is 0.874. The van der Waals surface area contributed by atoms with Crippen LogP contribution in [-0.4, -0.2) is 27.9 Å². The van der Waals surface area contributed by atoms with Gasteiger partial charge in [-0.1, -0.05) is 12.1 Å². The number of H-pyrrole nitrogens is 1. The third kappa shape index (κ3) is 2.85. The van der Waals surface area contributed by atoms with Crippen molar-refractivity contribution in [1.82, 2.24) is 14.9 Å². The Morgan fingerprint density at radius 3 is 2.94 bits per heavy atom. The normalized spacial score (nSPS) is 10.1. The molecule has 0 atom stereocenters. The van der Waals surface area contributed by atoms with Crippen LogP contribution in [0, 0.1) is 5.82 Å². The van der Waals surface area contributed by atoms with E-state index in [0.717, 1.165) is 0 Å². The number of halogens is 1. The molecule has 18 heavy (non-hydrogen) atoms. The summed E-state index contributed by atoms with van der Waals surface area (Å²) in [5.74, 6) is 0.207. The van der Waals surface area contributed by atoms with Crippen LogP contribution in [0.5, 0.6) is 0 Å². The minimum Gasteiger partial charge on any atom is -0.347 e. The summed E-state index contributed by atoms with van der Waals surface area (Å²) in [7, 11) is 1.61. The van der Waals surface area contributed by atoms with Gasteiger partial charge in [-0.15, -0.1) is 0 Å². The zero-order valence-electron chi connectivity index (χ0n) is 9.85. The summed E-state index contributed by atoms with van der Waals surface area (Å²) in [6, 6.07) is 5.63. The number of urea groups is 1. The van der Waals surface area contributed by atoms with Crippen molar-refractivity contribution in [3.05, 3.63) is 48.3 Å². The lowest BCUT2D eigenvalue weighted by atomic mass is 10.3. The number of hydrogen-bond donors (Lipinski definition) is 2. The molecule has 1 aromatic heterocycles. The van der Waals surface area contributed by atoms with E-state index in [4.69, 9.17) is 0 Å². The maximum atomic E-state index is 13.3. The lowest BCUT2D eigenvalue weighted by molar-refractivity contribution is 0.219. The number of para-hydroxylation sites is 1. The highest BCUT2D eigenvalue weighted by molar-refractivity contribution is 5.89. The Labute approximate surface area is 104 Å². The smallest absolute Gasteiger partial charge is 0.322 e. The monoisotopic (exact) mass is 248 g/mol. The van der Waals surface area contributed by atoms with E-state index in [1.54, 1.807) is 31.6 Å². The van der Waals surface area contributed by atoms with E-state index in [1.165, 1.54) is 17.0 Å². The van der Waals surface area contributed by atoms with E-state index < -0.39 is 11.8 Å². The van der Waals surface area contributed by atoms with Crippen LogP contribution in [0.15, 0.2) is 36.7 Å². The van der Waals surface area contributed by atoms with Crippen LogP contribution in [0.3, 0.4) is 0 Å². The van der Waals surface area contributed by atoms with Crippen LogP contribution in [0.25, 0.3) is 0 Å². The number of nitrogens with one attached hydrogen (secondary N) is 2. The molecule has 0 saturated carbocycles. The highest BCUT2D eigenvalue weighted by Crippen LogP contribution is 2.13. The predicted octanol–water partition coefficient (Wildman–Crippen LogP) is 2.21. The molecule has 94 valence electrons. The minimum absolute atomic E-state index is 0.161. The molecule has 0 aliphatic rings. The molecule has 2 N–H and O–H groups in total. The molecular weight excluding hydrogens is 235 g/mol. The second kappa shape index (κ2) is 5.31. The molecular formula is C12H13FN4O. The summed E-state index contributed by atoms with van der Waals surface area (Å²) in [6.45, 7) is 0.327. The number of nitrogens with zero attached hydrogens (tertiary/aromatic N) is 2. The average molecular weight is 248 g/mol. The van der Waals surface area contributed by atoms with Crippen molar-refractivity contribution in [3.63, 3.8) is 0 Å². The number of aromatic nitrogens is 2. The van der Waals surface area contributed by atoms with Gasteiger partial charge >= 0.3 is 6.03 Å². The average Bonchev–Trinajstić information content (AvgIpc) is 2.84. The third-order valence-corrected chi connectivity index (χ3v) is 2.40. The van der Waals surface area contributed by atoms with Crippen LogP contribution in [-0.2, 0) is 6.54 Å². The molecule has 0 unspecified atom stereocenters. The van der Waals surface area contributed by atoms with Crippen molar-refractivity contribution in [2.75, 3.05) is 12.4 Å². The summed E-state index contributed by atoms with van der Waals surface area (Å²) < 4.78 is 13.3. The molecule has 0 aliphatic carbocycles. The molecule has 2 rings (SSSR count). The Bertz CT molecular complexity index is 527. The van der Waals surface area contributed by atoms with Crippen molar-refractivity contribution in [1.29, 1.82) is 0 Å². The van der Waals surface area contributed by atoms with Crippen LogP contribution in [0.1, 0.15) is 5.82 Å². The number of benzene rings is 1. The Balaban J connectivity index is 1.98. The predicted molar refractivity (Wildman–Crippen MR) is 65.5 cm³/mol. The number of rotatable bonds is 3. The zero-order chi connectivity index (χ0) is 13.0. The first-order valence-corrected chi connectivity index (χ1v) is 5.41. The maximum absolute atomic E-state index is 13.3. The fraction of sp³-hybridized carbons (Fsp3) is 0.167. The fourth-order valence-electron chi connectivity index (χ4n) is 1.45. The molecule has 0 spiro atoms. The highest BCUT2D eigenvalue weighted by atomic mass is 19.1. The third-order valence-electron chi connectivity index (χ3n) is 2.40. The minimum atomic E-state index is -0.461. The molecule has 2 amide bonds. The van der Waals surface area contributed by atoms with Gasteiger partial charge in [-0.3, -0.25) is 0 Å². The first kappa shape index (κ1) is 12.1. The van der Waals surface area contributed by atoms with Gasteiger partial charge in [0.25, 0.3) is 0 Å². The summed E-state index contributed by atoms with van der Waals surface area (Å²) in [5, 5.41) is 2.49. The van der Waals surface area contributed by atoms with Gasteiger partial charge in [0.2, 0.25) is 0 Å². The van der Waals surface area contributed by atoms with Crippen LogP contribution < -0.4 is 5.32 Å². The first-order chi connectivity index (χ1) is 8.66. The number of aromatic amines is 1. The Hall–Kier alpha value is -2.37. The number of carbonyl (C=O) groups excluding carboxylic acids is 1. The summed E-state index contributed by atoms with van der Waals surface area (Å²) >= 11 is 0. The van der Waals surface area contributed by atoms with Crippen molar-refractivity contribution in [3.8, 4) is 0 Å². The molecule has 6 heteroatoms. The largest absolute Gasteiger partial charge is 0.347 e. The zero-order valence-corrected chi connectivity index (χ0v) is 9.85. The lowest BCUT2D eigenvalue weighted by Gasteiger charge is -2.16.